The minimum atomic E-state index is -4.50. The summed E-state index contributed by atoms with van der Waals surface area (Å²) in [5.74, 6) is 5.52. The van der Waals surface area contributed by atoms with Gasteiger partial charge in [-0.25, -0.2) is 0 Å². The lowest BCUT2D eigenvalue weighted by Gasteiger charge is -2.33. The summed E-state index contributed by atoms with van der Waals surface area (Å²) in [5, 5.41) is 1.92. The van der Waals surface area contributed by atoms with Crippen LogP contribution in [0.2, 0.25) is 39.3 Å². The fourth-order valence-corrected chi connectivity index (χ4v) is 7.39. The number of allylic oxidation sites excluding steroid dienone is 2. The number of hydrogen-bond acceptors (Lipinski definition) is 5. The normalized spacial score (nSPS) is 15.6. The first-order valence-electron chi connectivity index (χ1n) is 15.0. The molecule has 0 fully saturated rings. The molecule has 12 heteroatoms. The zero-order chi connectivity index (χ0) is 33.5. The summed E-state index contributed by atoms with van der Waals surface area (Å²) in [6, 6.07) is 3.82. The van der Waals surface area contributed by atoms with Crippen LogP contribution in [0.15, 0.2) is 34.4 Å². The second-order valence-corrected chi connectivity index (χ2v) is 23.9. The number of hydrogen-bond donors (Lipinski definition) is 0. The van der Waals surface area contributed by atoms with Crippen molar-refractivity contribution in [2.75, 3.05) is 14.2 Å². The van der Waals surface area contributed by atoms with Gasteiger partial charge in [0.2, 0.25) is 5.71 Å². The van der Waals surface area contributed by atoms with Crippen molar-refractivity contribution in [2.24, 2.45) is 0 Å². The number of rotatable bonds is 7. The van der Waals surface area contributed by atoms with Crippen molar-refractivity contribution in [1.82, 2.24) is 4.48 Å². The molecule has 0 unspecified atom stereocenters. The van der Waals surface area contributed by atoms with Crippen LogP contribution in [0.1, 0.15) is 53.6 Å². The maximum absolute atomic E-state index is 17.6. The van der Waals surface area contributed by atoms with E-state index in [1.165, 1.54) is 25.6 Å². The zero-order valence-electron chi connectivity index (χ0n) is 27.8. The second-order valence-electron chi connectivity index (χ2n) is 13.4. The maximum Gasteiger partial charge on any atom is 0.738 e. The van der Waals surface area contributed by atoms with E-state index in [2.05, 4.69) is 62.2 Å². The summed E-state index contributed by atoms with van der Waals surface area (Å²) in [7, 11) is -1.28. The molecule has 45 heavy (non-hydrogen) atoms. The summed E-state index contributed by atoms with van der Waals surface area (Å²) >= 11 is 1.45. The molecule has 0 N–H and O–H groups in total. The quantitative estimate of drug-likeness (QED) is 0.185. The number of carbonyl (C=O) groups is 2. The number of esters is 2. The van der Waals surface area contributed by atoms with E-state index in [0.717, 1.165) is 13.8 Å². The van der Waals surface area contributed by atoms with Crippen molar-refractivity contribution < 1.29 is 32.2 Å². The number of ether oxygens (including phenoxy) is 2. The molecule has 2 aromatic heterocycles. The third-order valence-electron chi connectivity index (χ3n) is 7.74. The van der Waals surface area contributed by atoms with Gasteiger partial charge in [-0.1, -0.05) is 51.3 Å². The number of methoxy groups -OCH3 is 2. The van der Waals surface area contributed by atoms with Crippen LogP contribution in [0.4, 0.5) is 8.63 Å². The number of nitrogens with zero attached hydrogens (tertiary/aromatic N) is 2. The third-order valence-corrected chi connectivity index (χ3v) is 10.4. The topological polar surface area (TPSA) is 60.5 Å². The Balaban J connectivity index is 2.22. The molecule has 4 heterocycles. The van der Waals surface area contributed by atoms with E-state index in [0.29, 0.717) is 39.2 Å². The molecule has 2 aromatic rings. The molecule has 6 nitrogen and oxygen atoms in total. The smallest absolute Gasteiger partial charge is 0.469 e. The molecule has 0 aliphatic carbocycles. The number of thiophene rings is 1. The van der Waals surface area contributed by atoms with Crippen LogP contribution in [0.3, 0.4) is 0 Å². The lowest BCUT2D eigenvalue weighted by Crippen LogP contribution is -2.52. The van der Waals surface area contributed by atoms with Crippen molar-refractivity contribution in [3.05, 3.63) is 61.7 Å². The predicted octanol–water partition coefficient (Wildman–Crippen LogP) is 6.81. The van der Waals surface area contributed by atoms with Crippen LogP contribution in [0.5, 0.6) is 0 Å². The van der Waals surface area contributed by atoms with E-state index in [-0.39, 0.29) is 37.1 Å². The van der Waals surface area contributed by atoms with Gasteiger partial charge >= 0.3 is 18.9 Å². The van der Waals surface area contributed by atoms with Gasteiger partial charge in [-0.3, -0.25) is 9.59 Å². The van der Waals surface area contributed by atoms with Crippen LogP contribution < -0.4 is 0 Å². The minimum absolute atomic E-state index is 0.0354. The Bertz CT molecular complexity index is 1790. The summed E-state index contributed by atoms with van der Waals surface area (Å²) in [6.45, 7) is 11.6. The van der Waals surface area contributed by atoms with Crippen LogP contribution in [0.25, 0.3) is 5.57 Å². The molecule has 0 bridgehead atoms. The first-order chi connectivity index (χ1) is 20.9. The standard InChI is InChI=1S/C33H41BF2N2O4SSi2/c1-22-24(13-15-29(39)41-3)32-31(28-12-11-19-43-28)33-25(14-16-30(40)42-4)23(2)27(18-21-45(8,9)10)38(33)34(35,36)37(32)26(22)17-20-44(5,6)7/h11-12,19H,13-16H2,1-10H3. The molecule has 2 aliphatic rings. The minimum Gasteiger partial charge on any atom is -0.469 e. The van der Waals surface area contributed by atoms with Gasteiger partial charge in [0.15, 0.2) is 5.70 Å². The molecule has 4 rings (SSSR count). The highest BCUT2D eigenvalue weighted by Gasteiger charge is 2.58. The van der Waals surface area contributed by atoms with Gasteiger partial charge in [-0.15, -0.1) is 22.4 Å². The molecule has 0 amide bonds. The van der Waals surface area contributed by atoms with Gasteiger partial charge in [0, 0.05) is 34.6 Å². The van der Waals surface area contributed by atoms with Crippen molar-refractivity contribution in [2.45, 2.75) is 78.8 Å². The van der Waals surface area contributed by atoms with E-state index in [1.807, 2.05) is 31.4 Å². The van der Waals surface area contributed by atoms with Gasteiger partial charge in [0.05, 0.1) is 25.5 Å². The first-order valence-corrected chi connectivity index (χ1v) is 22.9. The van der Waals surface area contributed by atoms with Gasteiger partial charge in [0.25, 0.3) is 0 Å². The molecular weight excluding hydrogens is 625 g/mol. The van der Waals surface area contributed by atoms with Crippen LogP contribution in [-0.2, 0) is 25.5 Å². The average Bonchev–Trinajstić information content (AvgIpc) is 3.64. The summed E-state index contributed by atoms with van der Waals surface area (Å²) in [4.78, 5) is 25.5. The Hall–Kier alpha value is -3.45. The van der Waals surface area contributed by atoms with Crippen molar-refractivity contribution in [1.29, 1.82) is 0 Å². The van der Waals surface area contributed by atoms with E-state index in [4.69, 9.17) is 9.47 Å². The first kappa shape index (κ1) is 34.4. The van der Waals surface area contributed by atoms with Crippen molar-refractivity contribution >= 4 is 57.7 Å². The lowest BCUT2D eigenvalue weighted by atomic mass is 9.84. The highest BCUT2D eigenvalue weighted by Crippen LogP contribution is 2.48. The molecule has 0 saturated carbocycles. The third kappa shape index (κ3) is 6.89. The molecule has 0 spiro atoms. The highest BCUT2D eigenvalue weighted by molar-refractivity contribution is 7.11. The Morgan fingerprint density at radius 3 is 2.07 bits per heavy atom. The van der Waals surface area contributed by atoms with Gasteiger partial charge < -0.3 is 27.1 Å². The molecular formula is C33H41BF2N2O4SSi2. The summed E-state index contributed by atoms with van der Waals surface area (Å²) in [6.07, 6.45) is 0.493. The Labute approximate surface area is 271 Å². The van der Waals surface area contributed by atoms with Gasteiger partial charge in [0.1, 0.15) is 16.1 Å². The summed E-state index contributed by atoms with van der Waals surface area (Å²) < 4.78 is 47.2. The SMILES string of the molecule is COC(=O)CCC1=C(C)C(C#C[Si](C)(C)C)=[N+]2C1=C(c1cccs1)c1c(CCC(=O)OC)c(C)c(C#C[Si](C)(C)C)n1[B-]2(F)F. The van der Waals surface area contributed by atoms with Crippen LogP contribution >= 0.6 is 11.3 Å². The van der Waals surface area contributed by atoms with E-state index < -0.39 is 35.1 Å². The highest BCUT2D eigenvalue weighted by atomic mass is 32.1. The molecule has 0 aromatic carbocycles. The lowest BCUT2D eigenvalue weighted by molar-refractivity contribution is -0.362. The Kier molecular flexibility index (Phi) is 9.75. The second kappa shape index (κ2) is 12.7. The molecule has 0 saturated heterocycles. The van der Waals surface area contributed by atoms with Crippen molar-refractivity contribution in [3.63, 3.8) is 0 Å². The fraction of sp³-hybridized carbons (Fsp3) is 0.424. The number of fused-ring (bicyclic) bond motifs is 2. The van der Waals surface area contributed by atoms with E-state index in [1.54, 1.807) is 0 Å². The number of aromatic nitrogens is 1. The fourth-order valence-electron chi connectivity index (χ4n) is 5.63. The maximum atomic E-state index is 17.6. The van der Waals surface area contributed by atoms with Crippen LogP contribution in [0, 0.1) is 29.9 Å². The zero-order valence-corrected chi connectivity index (χ0v) is 30.6. The van der Waals surface area contributed by atoms with Crippen molar-refractivity contribution in [3.8, 4) is 22.9 Å². The Morgan fingerprint density at radius 2 is 1.53 bits per heavy atom. The molecule has 238 valence electrons. The molecule has 0 radical (unpaired) electrons. The largest absolute Gasteiger partial charge is 0.738 e. The number of carbonyl (C=O) groups excluding carboxylic acids is 2. The van der Waals surface area contributed by atoms with E-state index >= 15 is 8.63 Å². The van der Waals surface area contributed by atoms with Gasteiger partial charge in [-0.2, -0.15) is 0 Å². The predicted molar refractivity (Wildman–Crippen MR) is 184 cm³/mol. The number of halogens is 2. The molecule has 0 atom stereocenters. The van der Waals surface area contributed by atoms with E-state index in [9.17, 15) is 9.59 Å². The average molecular weight is 667 g/mol. The summed E-state index contributed by atoms with van der Waals surface area (Å²) in [5.41, 5.74) is 11.0. The van der Waals surface area contributed by atoms with Gasteiger partial charge in [-0.05, 0) is 55.2 Å². The van der Waals surface area contributed by atoms with Crippen LogP contribution in [-0.4, -0.2) is 64.0 Å². The monoisotopic (exact) mass is 666 g/mol. The Morgan fingerprint density at radius 1 is 0.956 bits per heavy atom. The molecule has 2 aliphatic heterocycles.